The first kappa shape index (κ1) is 17.1. The number of oxazole rings is 1. The number of benzene rings is 2. The van der Waals surface area contributed by atoms with Gasteiger partial charge >= 0.3 is 0 Å². The van der Waals surface area contributed by atoms with Crippen molar-refractivity contribution in [1.29, 1.82) is 0 Å². The van der Waals surface area contributed by atoms with E-state index in [1.54, 1.807) is 12.1 Å². The number of nitrogens with zero attached hydrogens (tertiary/aromatic N) is 2. The molecule has 4 rings (SSSR count). The van der Waals surface area contributed by atoms with Crippen molar-refractivity contribution in [3.05, 3.63) is 53.1 Å². The number of carbonyl (C=O) groups is 1. The van der Waals surface area contributed by atoms with Crippen LogP contribution in [0, 0.1) is 0 Å². The van der Waals surface area contributed by atoms with Crippen LogP contribution in [0.1, 0.15) is 31.7 Å². The summed E-state index contributed by atoms with van der Waals surface area (Å²) in [5.74, 6) is 0.738. The lowest BCUT2D eigenvalue weighted by molar-refractivity contribution is -0.133. The van der Waals surface area contributed by atoms with E-state index in [4.69, 9.17) is 16.0 Å². The van der Waals surface area contributed by atoms with Crippen LogP contribution in [0.4, 0.5) is 0 Å². The van der Waals surface area contributed by atoms with E-state index in [-0.39, 0.29) is 5.91 Å². The summed E-state index contributed by atoms with van der Waals surface area (Å²) in [6.45, 7) is 3.00. The Morgan fingerprint density at radius 1 is 1.27 bits per heavy atom. The average Bonchev–Trinajstić information content (AvgIpc) is 3.05. The topological polar surface area (TPSA) is 46.3 Å². The molecule has 1 atom stereocenters. The maximum Gasteiger partial charge on any atom is 0.227 e. The summed E-state index contributed by atoms with van der Waals surface area (Å²) in [6.07, 6.45) is 3.81. The Morgan fingerprint density at radius 2 is 2.15 bits per heavy atom. The number of aromatic nitrogens is 1. The van der Waals surface area contributed by atoms with E-state index in [2.05, 4.69) is 11.9 Å². The number of hydrogen-bond donors (Lipinski definition) is 0. The lowest BCUT2D eigenvalue weighted by Gasteiger charge is -2.33. The normalized spacial score (nSPS) is 17.6. The minimum absolute atomic E-state index is 0.193. The fourth-order valence-electron chi connectivity index (χ4n) is 3.58. The van der Waals surface area contributed by atoms with Crippen LogP contribution >= 0.6 is 11.6 Å². The first-order chi connectivity index (χ1) is 12.6. The molecule has 3 aromatic rings. The van der Waals surface area contributed by atoms with Crippen molar-refractivity contribution in [2.45, 2.75) is 38.6 Å². The van der Waals surface area contributed by atoms with Gasteiger partial charge in [0.25, 0.3) is 0 Å². The number of amides is 1. The summed E-state index contributed by atoms with van der Waals surface area (Å²) in [4.78, 5) is 19.2. The quantitative estimate of drug-likeness (QED) is 0.646. The molecule has 0 bridgehead atoms. The van der Waals surface area contributed by atoms with Crippen molar-refractivity contribution < 1.29 is 9.21 Å². The number of piperidine rings is 1. The molecule has 2 aromatic carbocycles. The molecule has 0 radical (unpaired) electrons. The van der Waals surface area contributed by atoms with Gasteiger partial charge in [0.15, 0.2) is 5.58 Å². The predicted octanol–water partition coefficient (Wildman–Crippen LogP) is 5.09. The molecule has 26 heavy (non-hydrogen) atoms. The third-order valence-corrected chi connectivity index (χ3v) is 5.24. The highest BCUT2D eigenvalue weighted by Gasteiger charge is 2.23. The summed E-state index contributed by atoms with van der Waals surface area (Å²) in [5.41, 5.74) is 3.28. The third-order valence-electron chi connectivity index (χ3n) is 5.00. The summed E-state index contributed by atoms with van der Waals surface area (Å²) in [7, 11) is 0. The molecular formula is C21H21ClN2O2. The van der Waals surface area contributed by atoms with E-state index in [1.165, 1.54) is 6.42 Å². The van der Waals surface area contributed by atoms with E-state index in [0.29, 0.717) is 29.0 Å². The Balaban J connectivity index is 1.56. The number of fused-ring (bicyclic) bond motifs is 1. The van der Waals surface area contributed by atoms with Gasteiger partial charge in [0.05, 0.1) is 6.42 Å². The maximum atomic E-state index is 12.7. The van der Waals surface area contributed by atoms with E-state index in [9.17, 15) is 4.79 Å². The molecule has 4 nitrogen and oxygen atoms in total. The van der Waals surface area contributed by atoms with Crippen LogP contribution in [0.3, 0.4) is 0 Å². The Kier molecular flexibility index (Phi) is 4.68. The first-order valence-electron chi connectivity index (χ1n) is 9.05. The van der Waals surface area contributed by atoms with Gasteiger partial charge in [0.1, 0.15) is 5.52 Å². The molecule has 1 unspecified atom stereocenters. The summed E-state index contributed by atoms with van der Waals surface area (Å²) >= 11 is 6.02. The molecule has 1 saturated heterocycles. The van der Waals surface area contributed by atoms with Crippen molar-refractivity contribution in [2.75, 3.05) is 6.54 Å². The number of rotatable bonds is 3. The molecule has 0 aliphatic carbocycles. The van der Waals surface area contributed by atoms with Crippen molar-refractivity contribution in [3.8, 4) is 11.5 Å². The predicted molar refractivity (Wildman–Crippen MR) is 103 cm³/mol. The van der Waals surface area contributed by atoms with Crippen molar-refractivity contribution in [3.63, 3.8) is 0 Å². The van der Waals surface area contributed by atoms with Gasteiger partial charge in [-0.2, -0.15) is 0 Å². The Hall–Kier alpha value is -2.33. The van der Waals surface area contributed by atoms with Crippen LogP contribution < -0.4 is 0 Å². The van der Waals surface area contributed by atoms with Gasteiger partial charge in [-0.3, -0.25) is 4.79 Å². The van der Waals surface area contributed by atoms with Gasteiger partial charge in [-0.1, -0.05) is 23.7 Å². The number of likely N-dealkylation sites (tertiary alicyclic amines) is 1. The van der Waals surface area contributed by atoms with E-state index < -0.39 is 0 Å². The van der Waals surface area contributed by atoms with Crippen LogP contribution in [0.5, 0.6) is 0 Å². The van der Waals surface area contributed by atoms with Crippen molar-refractivity contribution in [2.24, 2.45) is 0 Å². The molecule has 1 aliphatic heterocycles. The molecule has 0 spiro atoms. The van der Waals surface area contributed by atoms with Crippen LogP contribution in [-0.4, -0.2) is 28.4 Å². The van der Waals surface area contributed by atoms with Crippen LogP contribution in [0.15, 0.2) is 46.9 Å². The molecular weight excluding hydrogens is 348 g/mol. The average molecular weight is 369 g/mol. The standard InChI is InChI=1S/C21H21ClN2O2/c1-14-5-2-3-10-24(14)20(25)12-15-6-4-7-16(11-15)21-23-18-13-17(22)8-9-19(18)26-21/h4,6-9,11,13-14H,2-3,5,10,12H2,1H3. The minimum atomic E-state index is 0.193. The minimum Gasteiger partial charge on any atom is -0.436 e. The molecule has 1 amide bonds. The lowest BCUT2D eigenvalue weighted by Crippen LogP contribution is -2.42. The van der Waals surface area contributed by atoms with E-state index in [0.717, 1.165) is 36.0 Å². The highest BCUT2D eigenvalue weighted by atomic mass is 35.5. The fourth-order valence-corrected chi connectivity index (χ4v) is 3.75. The smallest absolute Gasteiger partial charge is 0.227 e. The Labute approximate surface area is 157 Å². The van der Waals surface area contributed by atoms with Gasteiger partial charge in [0.2, 0.25) is 11.8 Å². The molecule has 0 N–H and O–H groups in total. The largest absolute Gasteiger partial charge is 0.436 e. The van der Waals surface area contributed by atoms with Gasteiger partial charge < -0.3 is 9.32 Å². The molecule has 1 aliphatic rings. The van der Waals surface area contributed by atoms with Crippen molar-refractivity contribution in [1.82, 2.24) is 9.88 Å². The van der Waals surface area contributed by atoms with E-state index in [1.807, 2.05) is 35.2 Å². The second-order valence-electron chi connectivity index (χ2n) is 6.94. The van der Waals surface area contributed by atoms with Gasteiger partial charge in [-0.05, 0) is 62.1 Å². The van der Waals surface area contributed by atoms with Crippen LogP contribution in [0.25, 0.3) is 22.6 Å². The Morgan fingerprint density at radius 3 is 3.00 bits per heavy atom. The molecule has 5 heteroatoms. The fraction of sp³-hybridized carbons (Fsp3) is 0.333. The highest BCUT2D eigenvalue weighted by Crippen LogP contribution is 2.27. The summed E-state index contributed by atoms with van der Waals surface area (Å²) in [5, 5.41) is 0.632. The van der Waals surface area contributed by atoms with E-state index >= 15 is 0 Å². The maximum absolute atomic E-state index is 12.7. The second kappa shape index (κ2) is 7.12. The SMILES string of the molecule is CC1CCCCN1C(=O)Cc1cccc(-c2nc3cc(Cl)ccc3o2)c1. The molecule has 0 saturated carbocycles. The zero-order valence-electron chi connectivity index (χ0n) is 14.7. The first-order valence-corrected chi connectivity index (χ1v) is 9.43. The van der Waals surface area contributed by atoms with Crippen LogP contribution in [0.2, 0.25) is 5.02 Å². The molecule has 1 fully saturated rings. The zero-order valence-corrected chi connectivity index (χ0v) is 15.5. The van der Waals surface area contributed by atoms with Crippen LogP contribution in [-0.2, 0) is 11.2 Å². The summed E-state index contributed by atoms with van der Waals surface area (Å²) in [6, 6.07) is 13.6. The molecule has 1 aromatic heterocycles. The molecule has 134 valence electrons. The van der Waals surface area contributed by atoms with Gasteiger partial charge in [-0.15, -0.1) is 0 Å². The zero-order chi connectivity index (χ0) is 18.1. The second-order valence-corrected chi connectivity index (χ2v) is 7.38. The number of halogens is 1. The summed E-state index contributed by atoms with van der Waals surface area (Å²) < 4.78 is 5.84. The third kappa shape index (κ3) is 3.47. The number of carbonyl (C=O) groups excluding carboxylic acids is 1. The molecule has 2 heterocycles. The van der Waals surface area contributed by atoms with Gasteiger partial charge in [0, 0.05) is 23.2 Å². The van der Waals surface area contributed by atoms with Gasteiger partial charge in [-0.25, -0.2) is 4.98 Å². The Bertz CT molecular complexity index is 950. The number of hydrogen-bond acceptors (Lipinski definition) is 3. The lowest BCUT2D eigenvalue weighted by atomic mass is 10.0. The highest BCUT2D eigenvalue weighted by molar-refractivity contribution is 6.31. The van der Waals surface area contributed by atoms with Crippen molar-refractivity contribution >= 4 is 28.6 Å². The monoisotopic (exact) mass is 368 g/mol.